The summed E-state index contributed by atoms with van der Waals surface area (Å²) >= 11 is 0. The molecule has 0 aliphatic heterocycles. The lowest BCUT2D eigenvalue weighted by molar-refractivity contribution is 0.154. The third-order valence-electron chi connectivity index (χ3n) is 3.92. The van der Waals surface area contributed by atoms with Crippen LogP contribution >= 0.6 is 0 Å². The summed E-state index contributed by atoms with van der Waals surface area (Å²) in [6, 6.07) is 0. The molecule has 0 aromatic rings. The summed E-state index contributed by atoms with van der Waals surface area (Å²) in [7, 11) is 0. The monoisotopic (exact) mass is 182 g/mol. The first kappa shape index (κ1) is 11.1. The molecule has 0 radical (unpaired) electrons. The van der Waals surface area contributed by atoms with Crippen LogP contribution in [0.25, 0.3) is 0 Å². The summed E-state index contributed by atoms with van der Waals surface area (Å²) in [5.74, 6) is 0.894. The highest BCUT2D eigenvalue weighted by atomic mass is 14.3. The van der Waals surface area contributed by atoms with Crippen LogP contribution in [0.5, 0.6) is 0 Å². The van der Waals surface area contributed by atoms with Gasteiger partial charge in [0, 0.05) is 0 Å². The van der Waals surface area contributed by atoms with E-state index in [1.54, 1.807) is 0 Å². The molecule has 0 nitrogen and oxygen atoms in total. The van der Waals surface area contributed by atoms with Crippen molar-refractivity contribution < 1.29 is 0 Å². The normalized spacial score (nSPS) is 22.2. The van der Waals surface area contributed by atoms with Crippen molar-refractivity contribution in [1.82, 2.24) is 0 Å². The van der Waals surface area contributed by atoms with Crippen LogP contribution in [-0.2, 0) is 0 Å². The minimum atomic E-state index is 0.752. The van der Waals surface area contributed by atoms with Gasteiger partial charge in [0.05, 0.1) is 0 Å². The summed E-state index contributed by atoms with van der Waals surface area (Å²) in [5, 5.41) is 0. The van der Waals surface area contributed by atoms with E-state index in [9.17, 15) is 0 Å². The zero-order valence-electron chi connectivity index (χ0n) is 9.73. The van der Waals surface area contributed by atoms with Gasteiger partial charge in [-0.25, -0.2) is 0 Å². The SMILES string of the molecule is CCC1(CCC(C)C)CCCCC1. The molecule has 0 heteroatoms. The number of rotatable bonds is 4. The Morgan fingerprint density at radius 2 is 1.69 bits per heavy atom. The fourth-order valence-electron chi connectivity index (χ4n) is 2.68. The van der Waals surface area contributed by atoms with E-state index in [4.69, 9.17) is 0 Å². The highest BCUT2D eigenvalue weighted by molar-refractivity contribution is 4.81. The van der Waals surface area contributed by atoms with Crippen molar-refractivity contribution in [3.05, 3.63) is 0 Å². The van der Waals surface area contributed by atoms with E-state index in [1.165, 1.54) is 51.4 Å². The second-order valence-corrected chi connectivity index (χ2v) is 5.35. The Bertz CT molecular complexity index is 129. The Kier molecular flexibility index (Phi) is 4.28. The molecule has 1 aliphatic rings. The summed E-state index contributed by atoms with van der Waals surface area (Å²) in [4.78, 5) is 0. The molecule has 0 saturated heterocycles. The van der Waals surface area contributed by atoms with Gasteiger partial charge < -0.3 is 0 Å². The maximum absolute atomic E-state index is 2.39. The maximum Gasteiger partial charge on any atom is -0.0300 e. The van der Waals surface area contributed by atoms with Gasteiger partial charge in [0.15, 0.2) is 0 Å². The summed E-state index contributed by atoms with van der Waals surface area (Å²) in [6.45, 7) is 7.10. The highest BCUT2D eigenvalue weighted by Gasteiger charge is 2.29. The predicted octanol–water partition coefficient (Wildman–Crippen LogP) is 4.78. The third kappa shape index (κ3) is 3.32. The molecule has 78 valence electrons. The van der Waals surface area contributed by atoms with Crippen LogP contribution in [0.3, 0.4) is 0 Å². The van der Waals surface area contributed by atoms with E-state index in [0.717, 1.165) is 11.3 Å². The molecule has 0 atom stereocenters. The van der Waals surface area contributed by atoms with Crippen LogP contribution in [0.2, 0.25) is 0 Å². The second-order valence-electron chi connectivity index (χ2n) is 5.35. The fraction of sp³-hybridized carbons (Fsp3) is 1.00. The van der Waals surface area contributed by atoms with Crippen molar-refractivity contribution in [1.29, 1.82) is 0 Å². The number of hydrogen-bond donors (Lipinski definition) is 0. The Labute approximate surface area is 84.1 Å². The van der Waals surface area contributed by atoms with E-state index < -0.39 is 0 Å². The third-order valence-corrected chi connectivity index (χ3v) is 3.92. The second kappa shape index (κ2) is 5.02. The Balaban J connectivity index is 2.38. The van der Waals surface area contributed by atoms with Gasteiger partial charge in [-0.15, -0.1) is 0 Å². The zero-order chi connectivity index (χ0) is 9.73. The lowest BCUT2D eigenvalue weighted by atomic mass is 9.69. The molecular weight excluding hydrogens is 156 g/mol. The topological polar surface area (TPSA) is 0 Å². The smallest absolute Gasteiger partial charge is 0.0300 e. The van der Waals surface area contributed by atoms with Crippen LogP contribution in [0.1, 0.15) is 72.1 Å². The average Bonchev–Trinajstić information content (AvgIpc) is 2.16. The van der Waals surface area contributed by atoms with Gasteiger partial charge in [0.1, 0.15) is 0 Å². The summed E-state index contributed by atoms with van der Waals surface area (Å²) in [6.07, 6.45) is 11.8. The largest absolute Gasteiger partial charge is 0.0649 e. The first-order chi connectivity index (χ1) is 6.18. The van der Waals surface area contributed by atoms with E-state index in [2.05, 4.69) is 20.8 Å². The maximum atomic E-state index is 2.39. The molecule has 0 bridgehead atoms. The molecule has 0 N–H and O–H groups in total. The lowest BCUT2D eigenvalue weighted by Gasteiger charge is -2.37. The van der Waals surface area contributed by atoms with Crippen molar-refractivity contribution in [3.63, 3.8) is 0 Å². The van der Waals surface area contributed by atoms with E-state index in [-0.39, 0.29) is 0 Å². The quantitative estimate of drug-likeness (QED) is 0.587. The standard InChI is InChI=1S/C13H26/c1-4-13(11-8-12(2)3)9-6-5-7-10-13/h12H,4-11H2,1-3H3. The molecule has 1 rings (SSSR count). The lowest BCUT2D eigenvalue weighted by Crippen LogP contribution is -2.23. The molecule has 0 spiro atoms. The number of hydrogen-bond acceptors (Lipinski definition) is 0. The Morgan fingerprint density at radius 3 is 2.15 bits per heavy atom. The van der Waals surface area contributed by atoms with E-state index in [1.807, 2.05) is 0 Å². The molecule has 0 aromatic carbocycles. The minimum Gasteiger partial charge on any atom is -0.0649 e. The molecular formula is C13H26. The van der Waals surface area contributed by atoms with Crippen LogP contribution in [0, 0.1) is 11.3 Å². The molecule has 0 aromatic heterocycles. The van der Waals surface area contributed by atoms with Crippen molar-refractivity contribution in [2.45, 2.75) is 72.1 Å². The summed E-state index contributed by atoms with van der Waals surface area (Å²) < 4.78 is 0. The molecule has 13 heavy (non-hydrogen) atoms. The molecule has 1 saturated carbocycles. The summed E-state index contributed by atoms with van der Waals surface area (Å²) in [5.41, 5.74) is 0.752. The van der Waals surface area contributed by atoms with E-state index in [0.29, 0.717) is 0 Å². The van der Waals surface area contributed by atoms with Crippen molar-refractivity contribution in [3.8, 4) is 0 Å². The molecule has 0 heterocycles. The first-order valence-corrected chi connectivity index (χ1v) is 6.18. The van der Waals surface area contributed by atoms with Crippen molar-refractivity contribution >= 4 is 0 Å². The van der Waals surface area contributed by atoms with Gasteiger partial charge in [-0.1, -0.05) is 52.9 Å². The molecule has 1 aliphatic carbocycles. The molecule has 0 unspecified atom stereocenters. The van der Waals surface area contributed by atoms with Gasteiger partial charge >= 0.3 is 0 Å². The predicted molar refractivity (Wildman–Crippen MR) is 59.9 cm³/mol. The van der Waals surface area contributed by atoms with Crippen LogP contribution in [0.4, 0.5) is 0 Å². The highest BCUT2D eigenvalue weighted by Crippen LogP contribution is 2.43. The van der Waals surface area contributed by atoms with Crippen LogP contribution in [0.15, 0.2) is 0 Å². The van der Waals surface area contributed by atoms with Gasteiger partial charge in [-0.3, -0.25) is 0 Å². The molecule has 1 fully saturated rings. The fourth-order valence-corrected chi connectivity index (χ4v) is 2.68. The first-order valence-electron chi connectivity index (χ1n) is 6.18. The van der Waals surface area contributed by atoms with Gasteiger partial charge in [-0.05, 0) is 30.6 Å². The van der Waals surface area contributed by atoms with E-state index >= 15 is 0 Å². The van der Waals surface area contributed by atoms with Gasteiger partial charge in [-0.2, -0.15) is 0 Å². The van der Waals surface area contributed by atoms with Crippen molar-refractivity contribution in [2.24, 2.45) is 11.3 Å². The Hall–Kier alpha value is 0. The minimum absolute atomic E-state index is 0.752. The average molecular weight is 182 g/mol. The van der Waals surface area contributed by atoms with Crippen LogP contribution in [-0.4, -0.2) is 0 Å². The molecule has 0 amide bonds. The van der Waals surface area contributed by atoms with Crippen molar-refractivity contribution in [2.75, 3.05) is 0 Å². The van der Waals surface area contributed by atoms with Crippen LogP contribution < -0.4 is 0 Å². The zero-order valence-corrected chi connectivity index (χ0v) is 9.73. The van der Waals surface area contributed by atoms with Gasteiger partial charge in [0.2, 0.25) is 0 Å². The Morgan fingerprint density at radius 1 is 1.08 bits per heavy atom. The van der Waals surface area contributed by atoms with Gasteiger partial charge in [0.25, 0.3) is 0 Å².